The number of allylic oxidation sites excluding steroid dienone is 20. The Balaban J connectivity index is 4.40. The van der Waals surface area contributed by atoms with Crippen molar-refractivity contribution >= 4 is 19.8 Å². The van der Waals surface area contributed by atoms with Crippen LogP contribution in [-0.2, 0) is 32.7 Å². The molecule has 0 amide bonds. The molecule has 0 aliphatic heterocycles. The van der Waals surface area contributed by atoms with Crippen molar-refractivity contribution < 1.29 is 47.8 Å². The predicted molar refractivity (Wildman–Crippen MR) is 237 cm³/mol. The van der Waals surface area contributed by atoms with Crippen molar-refractivity contribution in [2.24, 2.45) is 0 Å². The van der Waals surface area contributed by atoms with Crippen LogP contribution in [0.4, 0.5) is 0 Å². The zero-order valence-electron chi connectivity index (χ0n) is 35.2. The standard InChI is InChI=1S/C47H73O10P/c1-3-5-7-9-11-13-15-17-18-19-20-21-22-23-24-25-27-28-30-32-34-36-38-46(50)54-42-45(43-56-58(52,53)55-41-44(49)40-48)57-47(51)39-37-35-33-31-29-26-16-14-12-10-8-6-4-2/h5-8,10-14,16-18,20-21,23-24,26,29,31,33,44-45,48-49H,3-4,9,15,19,22,25,27-28,30,32,34-43H2,1-2H3,(H,52,53)/b7-5+,8-6+,12-10+,13-11+,16-14+,18-17+,21-20+,24-23+,29-26+,33-31+/t44-,45?/m1/s1. The van der Waals surface area contributed by atoms with E-state index in [0.29, 0.717) is 19.3 Å². The van der Waals surface area contributed by atoms with Crippen molar-refractivity contribution in [1.29, 1.82) is 0 Å². The molecule has 2 unspecified atom stereocenters. The minimum absolute atomic E-state index is 0.0762. The van der Waals surface area contributed by atoms with Crippen LogP contribution >= 0.6 is 7.82 Å². The van der Waals surface area contributed by atoms with E-state index in [9.17, 15) is 24.2 Å². The Morgan fingerprint density at radius 3 is 1.59 bits per heavy atom. The molecule has 0 spiro atoms. The molecule has 3 atom stereocenters. The lowest BCUT2D eigenvalue weighted by Gasteiger charge is -2.20. The average Bonchev–Trinajstić information content (AvgIpc) is 3.21. The molecule has 0 rings (SSSR count). The summed E-state index contributed by atoms with van der Waals surface area (Å²) < 4.78 is 32.6. The minimum Gasteiger partial charge on any atom is -0.462 e. The smallest absolute Gasteiger partial charge is 0.462 e. The Kier molecular flexibility index (Phi) is 38.9. The third kappa shape index (κ3) is 40.6. The molecule has 0 fully saturated rings. The van der Waals surface area contributed by atoms with Crippen molar-refractivity contribution in [2.75, 3.05) is 26.4 Å². The number of hydrogen-bond donors (Lipinski definition) is 3. The minimum atomic E-state index is -4.65. The molecule has 3 N–H and O–H groups in total. The Labute approximate surface area is 349 Å². The number of phosphoric acid groups is 1. The molecule has 0 heterocycles. The molecule has 0 aromatic heterocycles. The Bertz CT molecular complexity index is 1370. The van der Waals surface area contributed by atoms with Crippen LogP contribution in [0, 0.1) is 0 Å². The van der Waals surface area contributed by atoms with Crippen LogP contribution in [-0.4, -0.2) is 65.7 Å². The van der Waals surface area contributed by atoms with E-state index < -0.39 is 51.8 Å². The molecule has 0 saturated carbocycles. The molecule has 0 aliphatic rings. The van der Waals surface area contributed by atoms with E-state index in [0.717, 1.165) is 77.0 Å². The molecule has 0 bridgehead atoms. The van der Waals surface area contributed by atoms with Gasteiger partial charge in [0.15, 0.2) is 6.10 Å². The average molecular weight is 829 g/mol. The quantitative estimate of drug-likeness (QED) is 0.0182. The third-order valence-electron chi connectivity index (χ3n) is 7.99. The third-order valence-corrected chi connectivity index (χ3v) is 8.94. The van der Waals surface area contributed by atoms with Crippen LogP contribution < -0.4 is 0 Å². The van der Waals surface area contributed by atoms with E-state index in [2.05, 4.69) is 85.2 Å². The fourth-order valence-electron chi connectivity index (χ4n) is 4.81. The van der Waals surface area contributed by atoms with Gasteiger partial charge >= 0.3 is 19.8 Å². The van der Waals surface area contributed by atoms with Gasteiger partial charge in [0.2, 0.25) is 0 Å². The predicted octanol–water partition coefficient (Wildman–Crippen LogP) is 11.2. The van der Waals surface area contributed by atoms with Gasteiger partial charge < -0.3 is 24.6 Å². The number of phosphoric ester groups is 1. The summed E-state index contributed by atoms with van der Waals surface area (Å²) >= 11 is 0. The SMILES string of the molecule is CC/C=C/C=C/C=C/C=C/C=C/CCCC(=O)OC(COC(=O)CCCCCCCC/C=C/C/C=C/C/C=C/C/C=C/C/C=C/CC)COP(=O)(O)OC[C@H](O)CO. The van der Waals surface area contributed by atoms with Gasteiger partial charge in [0.25, 0.3) is 0 Å². The van der Waals surface area contributed by atoms with Gasteiger partial charge in [-0.1, -0.05) is 161 Å². The van der Waals surface area contributed by atoms with Crippen LogP contribution in [0.15, 0.2) is 122 Å². The summed E-state index contributed by atoms with van der Waals surface area (Å²) in [7, 11) is -4.65. The first-order chi connectivity index (χ1) is 28.2. The fourth-order valence-corrected chi connectivity index (χ4v) is 5.60. The second-order valence-corrected chi connectivity index (χ2v) is 14.8. The summed E-state index contributed by atoms with van der Waals surface area (Å²) in [6, 6.07) is 0. The number of unbranched alkanes of at least 4 members (excludes halogenated alkanes) is 7. The highest BCUT2D eigenvalue weighted by atomic mass is 31.2. The first kappa shape index (κ1) is 54.4. The fraction of sp³-hybridized carbons (Fsp3) is 0.532. The number of ether oxygens (including phenoxy) is 2. The van der Waals surface area contributed by atoms with Crippen molar-refractivity contribution in [1.82, 2.24) is 0 Å². The molecule has 0 radical (unpaired) electrons. The van der Waals surface area contributed by atoms with Gasteiger partial charge in [-0.2, -0.15) is 0 Å². The van der Waals surface area contributed by atoms with Crippen LogP contribution in [0.25, 0.3) is 0 Å². The monoisotopic (exact) mass is 828 g/mol. The number of carbonyl (C=O) groups excluding carboxylic acids is 2. The number of aliphatic hydroxyl groups excluding tert-OH is 2. The van der Waals surface area contributed by atoms with Crippen molar-refractivity contribution in [3.8, 4) is 0 Å². The van der Waals surface area contributed by atoms with Gasteiger partial charge in [-0.25, -0.2) is 4.57 Å². The Morgan fingerprint density at radius 2 is 1.00 bits per heavy atom. The number of aliphatic hydroxyl groups is 2. The van der Waals surface area contributed by atoms with Gasteiger partial charge in [-0.05, 0) is 70.6 Å². The van der Waals surface area contributed by atoms with Gasteiger partial charge in [0.1, 0.15) is 12.7 Å². The normalized spacial score (nSPS) is 15.1. The van der Waals surface area contributed by atoms with E-state index in [1.807, 2.05) is 54.7 Å². The summed E-state index contributed by atoms with van der Waals surface area (Å²) in [4.78, 5) is 34.9. The molecule has 0 saturated heterocycles. The van der Waals surface area contributed by atoms with Gasteiger partial charge in [0.05, 0.1) is 19.8 Å². The summed E-state index contributed by atoms with van der Waals surface area (Å²) in [5.74, 6) is -1.04. The zero-order chi connectivity index (χ0) is 42.6. The van der Waals surface area contributed by atoms with Gasteiger partial charge in [-0.3, -0.25) is 18.6 Å². The molecule has 10 nitrogen and oxygen atoms in total. The van der Waals surface area contributed by atoms with Gasteiger partial charge in [-0.15, -0.1) is 0 Å². The summed E-state index contributed by atoms with van der Waals surface area (Å²) in [5.41, 5.74) is 0. The summed E-state index contributed by atoms with van der Waals surface area (Å²) in [6.07, 6.45) is 53.2. The van der Waals surface area contributed by atoms with Crippen molar-refractivity contribution in [3.63, 3.8) is 0 Å². The lowest BCUT2D eigenvalue weighted by Crippen LogP contribution is -2.29. The largest absolute Gasteiger partial charge is 0.472 e. The Morgan fingerprint density at radius 1 is 0.534 bits per heavy atom. The molecular weight excluding hydrogens is 755 g/mol. The van der Waals surface area contributed by atoms with E-state index in [1.165, 1.54) is 0 Å². The molecule has 0 aromatic carbocycles. The number of hydrogen-bond acceptors (Lipinski definition) is 9. The number of carbonyl (C=O) groups is 2. The summed E-state index contributed by atoms with van der Waals surface area (Å²) in [5, 5.41) is 18.3. The highest BCUT2D eigenvalue weighted by Crippen LogP contribution is 2.43. The lowest BCUT2D eigenvalue weighted by atomic mass is 10.1. The lowest BCUT2D eigenvalue weighted by molar-refractivity contribution is -0.161. The highest BCUT2D eigenvalue weighted by Gasteiger charge is 2.27. The van der Waals surface area contributed by atoms with Crippen LogP contribution in [0.2, 0.25) is 0 Å². The molecule has 0 aliphatic carbocycles. The first-order valence-corrected chi connectivity index (χ1v) is 22.6. The topological polar surface area (TPSA) is 149 Å². The maximum atomic E-state index is 12.5. The number of rotatable bonds is 37. The first-order valence-electron chi connectivity index (χ1n) is 21.1. The van der Waals surface area contributed by atoms with Crippen LogP contribution in [0.3, 0.4) is 0 Å². The zero-order valence-corrected chi connectivity index (χ0v) is 36.1. The number of esters is 2. The van der Waals surface area contributed by atoms with E-state index >= 15 is 0 Å². The Hall–Kier alpha value is -3.63. The van der Waals surface area contributed by atoms with Crippen molar-refractivity contribution in [2.45, 2.75) is 135 Å². The molecule has 11 heteroatoms. The van der Waals surface area contributed by atoms with Crippen LogP contribution in [0.5, 0.6) is 0 Å². The molecule has 58 heavy (non-hydrogen) atoms. The van der Waals surface area contributed by atoms with E-state index in [4.69, 9.17) is 19.1 Å². The molecule has 0 aromatic rings. The van der Waals surface area contributed by atoms with Gasteiger partial charge in [0, 0.05) is 12.8 Å². The molecule has 326 valence electrons. The maximum absolute atomic E-state index is 12.5. The van der Waals surface area contributed by atoms with E-state index in [-0.39, 0.29) is 19.4 Å². The van der Waals surface area contributed by atoms with E-state index in [1.54, 1.807) is 0 Å². The van der Waals surface area contributed by atoms with Crippen LogP contribution in [0.1, 0.15) is 123 Å². The molecular formula is C47H73O10P. The highest BCUT2D eigenvalue weighted by molar-refractivity contribution is 7.47. The summed E-state index contributed by atoms with van der Waals surface area (Å²) in [6.45, 7) is 1.98. The van der Waals surface area contributed by atoms with Crippen molar-refractivity contribution in [3.05, 3.63) is 122 Å². The maximum Gasteiger partial charge on any atom is 0.472 e. The second-order valence-electron chi connectivity index (χ2n) is 13.4. The second kappa shape index (κ2) is 41.5.